The van der Waals surface area contributed by atoms with Crippen molar-refractivity contribution in [2.75, 3.05) is 11.9 Å². The monoisotopic (exact) mass is 393 g/mol. The number of nitrogens with one attached hydrogen (secondary N) is 1. The van der Waals surface area contributed by atoms with Gasteiger partial charge in [-0.2, -0.15) is 0 Å². The average Bonchev–Trinajstić information content (AvgIpc) is 3.19. The highest BCUT2D eigenvalue weighted by molar-refractivity contribution is 7.09. The fourth-order valence-electron chi connectivity index (χ4n) is 2.92. The van der Waals surface area contributed by atoms with E-state index in [-0.39, 0.29) is 11.4 Å². The summed E-state index contributed by atoms with van der Waals surface area (Å²) in [4.78, 5) is 20.2. The Morgan fingerprint density at radius 3 is 2.50 bits per heavy atom. The number of hydrogen-bond donors (Lipinski definition) is 1. The maximum atomic E-state index is 13.0. The molecule has 3 aromatic rings. The van der Waals surface area contributed by atoms with Crippen LogP contribution in [0.25, 0.3) is 0 Å². The number of thiophene rings is 1. The fraction of sp³-hybridized carbons (Fsp3) is 0.304. The maximum Gasteiger partial charge on any atom is 0.322 e. The third-order valence-corrected chi connectivity index (χ3v) is 5.53. The predicted molar refractivity (Wildman–Crippen MR) is 117 cm³/mol. The lowest BCUT2D eigenvalue weighted by atomic mass is 9.87. The van der Waals surface area contributed by atoms with Crippen LogP contribution in [0.4, 0.5) is 10.5 Å². The number of carbonyl (C=O) groups is 1. The second kappa shape index (κ2) is 9.02. The highest BCUT2D eigenvalue weighted by Gasteiger charge is 2.16. The van der Waals surface area contributed by atoms with Crippen molar-refractivity contribution in [1.29, 1.82) is 0 Å². The molecule has 28 heavy (non-hydrogen) atoms. The van der Waals surface area contributed by atoms with Crippen molar-refractivity contribution in [1.82, 2.24) is 9.88 Å². The molecule has 5 heteroatoms. The lowest BCUT2D eigenvalue weighted by Gasteiger charge is -2.24. The molecule has 2 aromatic heterocycles. The van der Waals surface area contributed by atoms with Gasteiger partial charge in [-0.05, 0) is 52.6 Å². The van der Waals surface area contributed by atoms with Crippen LogP contribution in [0.15, 0.2) is 66.3 Å². The van der Waals surface area contributed by atoms with Gasteiger partial charge in [0, 0.05) is 36.0 Å². The van der Waals surface area contributed by atoms with Crippen LogP contribution in [0.1, 0.15) is 36.8 Å². The first kappa shape index (κ1) is 20.1. The summed E-state index contributed by atoms with van der Waals surface area (Å²) < 4.78 is 0. The highest BCUT2D eigenvalue weighted by Crippen LogP contribution is 2.23. The van der Waals surface area contributed by atoms with E-state index in [4.69, 9.17) is 0 Å². The number of hydrogen-bond acceptors (Lipinski definition) is 3. The smallest absolute Gasteiger partial charge is 0.320 e. The summed E-state index contributed by atoms with van der Waals surface area (Å²) in [6.07, 6.45) is 4.40. The van der Waals surface area contributed by atoms with E-state index >= 15 is 0 Å². The molecule has 0 aliphatic heterocycles. The van der Waals surface area contributed by atoms with Gasteiger partial charge in [-0.1, -0.05) is 45.0 Å². The molecule has 2 heterocycles. The van der Waals surface area contributed by atoms with E-state index in [1.54, 1.807) is 17.5 Å². The van der Waals surface area contributed by atoms with E-state index in [1.807, 2.05) is 41.4 Å². The second-order valence-electron chi connectivity index (χ2n) is 7.87. The number of nitrogens with zero attached hydrogens (tertiary/aromatic N) is 2. The molecule has 4 nitrogen and oxygen atoms in total. The number of benzene rings is 1. The number of rotatable bonds is 6. The Morgan fingerprint density at radius 2 is 1.89 bits per heavy atom. The average molecular weight is 394 g/mol. The van der Waals surface area contributed by atoms with Crippen LogP contribution in [0.3, 0.4) is 0 Å². The molecule has 146 valence electrons. The molecule has 0 fully saturated rings. The highest BCUT2D eigenvalue weighted by atomic mass is 32.1. The van der Waals surface area contributed by atoms with E-state index in [1.165, 1.54) is 10.4 Å². The number of amides is 2. The van der Waals surface area contributed by atoms with Gasteiger partial charge in [0.15, 0.2) is 0 Å². The number of anilines is 1. The van der Waals surface area contributed by atoms with Crippen molar-refractivity contribution in [3.8, 4) is 0 Å². The molecule has 0 saturated carbocycles. The molecule has 0 saturated heterocycles. The second-order valence-corrected chi connectivity index (χ2v) is 8.90. The summed E-state index contributed by atoms with van der Waals surface area (Å²) in [5.74, 6) is 0. The molecule has 1 N–H and O–H groups in total. The van der Waals surface area contributed by atoms with Crippen molar-refractivity contribution < 1.29 is 4.79 Å². The van der Waals surface area contributed by atoms with Gasteiger partial charge < -0.3 is 10.2 Å². The Hall–Kier alpha value is -2.66. The first-order chi connectivity index (χ1) is 13.4. The zero-order valence-corrected chi connectivity index (χ0v) is 17.5. The topological polar surface area (TPSA) is 45.2 Å². The predicted octanol–water partition coefficient (Wildman–Crippen LogP) is 5.72. The first-order valence-electron chi connectivity index (χ1n) is 9.49. The SMILES string of the molecule is CC(C)(C)c1ccc(NC(=O)N(CCc2cccs2)Cc2cccnc2)cc1. The Bertz CT molecular complexity index is 868. The third kappa shape index (κ3) is 5.67. The van der Waals surface area contributed by atoms with Crippen LogP contribution in [0, 0.1) is 0 Å². The van der Waals surface area contributed by atoms with Gasteiger partial charge in [0.2, 0.25) is 0 Å². The van der Waals surface area contributed by atoms with E-state index in [9.17, 15) is 4.79 Å². The Morgan fingerprint density at radius 1 is 1.11 bits per heavy atom. The van der Waals surface area contributed by atoms with Crippen LogP contribution in [0.5, 0.6) is 0 Å². The van der Waals surface area contributed by atoms with E-state index in [0.717, 1.165) is 17.7 Å². The van der Waals surface area contributed by atoms with Crippen molar-refractivity contribution in [2.45, 2.75) is 39.2 Å². The standard InChI is InChI=1S/C23H27N3OS/c1-23(2,3)19-8-10-20(11-9-19)25-22(27)26(14-12-21-7-5-15-28-21)17-18-6-4-13-24-16-18/h4-11,13,15-16H,12,14,17H2,1-3H3,(H,25,27). The summed E-state index contributed by atoms with van der Waals surface area (Å²) in [5.41, 5.74) is 3.17. The van der Waals surface area contributed by atoms with Crippen molar-refractivity contribution >= 4 is 23.1 Å². The van der Waals surface area contributed by atoms with Crippen molar-refractivity contribution in [2.24, 2.45) is 0 Å². The van der Waals surface area contributed by atoms with Crippen LogP contribution < -0.4 is 5.32 Å². The summed E-state index contributed by atoms with van der Waals surface area (Å²) in [6, 6.07) is 16.0. The summed E-state index contributed by atoms with van der Waals surface area (Å²) in [5, 5.41) is 5.11. The molecule has 0 radical (unpaired) electrons. The van der Waals surface area contributed by atoms with Gasteiger partial charge in [0.1, 0.15) is 0 Å². The Kier molecular flexibility index (Phi) is 6.47. The van der Waals surface area contributed by atoms with Crippen molar-refractivity contribution in [3.63, 3.8) is 0 Å². The Labute approximate surface area is 171 Å². The molecule has 0 aliphatic carbocycles. The molecular formula is C23H27N3OS. The summed E-state index contributed by atoms with van der Waals surface area (Å²) >= 11 is 1.72. The van der Waals surface area contributed by atoms with Crippen LogP contribution >= 0.6 is 11.3 Å². The van der Waals surface area contributed by atoms with Crippen LogP contribution in [0.2, 0.25) is 0 Å². The van der Waals surface area contributed by atoms with E-state index in [2.05, 4.69) is 54.7 Å². The molecule has 0 bridgehead atoms. The third-order valence-electron chi connectivity index (χ3n) is 4.59. The number of pyridine rings is 1. The minimum Gasteiger partial charge on any atom is -0.320 e. The minimum absolute atomic E-state index is 0.0928. The van der Waals surface area contributed by atoms with E-state index < -0.39 is 0 Å². The van der Waals surface area contributed by atoms with Gasteiger partial charge in [-0.3, -0.25) is 4.98 Å². The molecule has 0 spiro atoms. The van der Waals surface area contributed by atoms with E-state index in [0.29, 0.717) is 13.1 Å². The molecule has 0 unspecified atom stereocenters. The summed E-state index contributed by atoms with van der Waals surface area (Å²) in [7, 11) is 0. The quantitative estimate of drug-likeness (QED) is 0.582. The largest absolute Gasteiger partial charge is 0.322 e. The zero-order chi connectivity index (χ0) is 20.0. The number of urea groups is 1. The van der Waals surface area contributed by atoms with Gasteiger partial charge in [0.05, 0.1) is 0 Å². The van der Waals surface area contributed by atoms with Crippen LogP contribution in [-0.2, 0) is 18.4 Å². The lowest BCUT2D eigenvalue weighted by molar-refractivity contribution is 0.210. The first-order valence-corrected chi connectivity index (χ1v) is 10.4. The Balaban J connectivity index is 1.69. The fourth-order valence-corrected chi connectivity index (χ4v) is 3.62. The van der Waals surface area contributed by atoms with Crippen molar-refractivity contribution in [3.05, 3.63) is 82.3 Å². The van der Waals surface area contributed by atoms with Gasteiger partial charge in [-0.15, -0.1) is 11.3 Å². The number of aromatic nitrogens is 1. The zero-order valence-electron chi connectivity index (χ0n) is 16.7. The molecule has 0 atom stereocenters. The molecule has 1 aromatic carbocycles. The molecule has 0 aliphatic rings. The summed E-state index contributed by atoms with van der Waals surface area (Å²) in [6.45, 7) is 7.73. The van der Waals surface area contributed by atoms with Gasteiger partial charge in [-0.25, -0.2) is 4.79 Å². The minimum atomic E-state index is -0.0936. The van der Waals surface area contributed by atoms with Crippen LogP contribution in [-0.4, -0.2) is 22.5 Å². The van der Waals surface area contributed by atoms with Gasteiger partial charge in [0.25, 0.3) is 0 Å². The molecule has 3 rings (SSSR count). The normalized spacial score (nSPS) is 11.2. The lowest BCUT2D eigenvalue weighted by Crippen LogP contribution is -2.36. The van der Waals surface area contributed by atoms with Gasteiger partial charge >= 0.3 is 6.03 Å². The number of carbonyl (C=O) groups excluding carboxylic acids is 1. The molecular weight excluding hydrogens is 366 g/mol. The maximum absolute atomic E-state index is 13.0. The molecule has 2 amide bonds.